The highest BCUT2D eigenvalue weighted by Gasteiger charge is 2.18. The van der Waals surface area contributed by atoms with Crippen molar-refractivity contribution in [2.24, 2.45) is 0 Å². The number of nitrogens with zero attached hydrogens (tertiary/aromatic N) is 5. The van der Waals surface area contributed by atoms with E-state index in [4.69, 9.17) is 28.7 Å². The number of anilines is 4. The van der Waals surface area contributed by atoms with Crippen molar-refractivity contribution in [1.82, 2.24) is 24.5 Å². The van der Waals surface area contributed by atoms with Crippen LogP contribution in [0.25, 0.3) is 17.0 Å². The quantitative estimate of drug-likeness (QED) is 0.260. The molecular formula is C27H27N7O5. The molecular weight excluding hydrogens is 502 g/mol. The first-order chi connectivity index (χ1) is 19.1. The Labute approximate surface area is 224 Å². The molecule has 2 aromatic heterocycles. The molecule has 0 aliphatic heterocycles. The summed E-state index contributed by atoms with van der Waals surface area (Å²) in [4.78, 5) is 18.2. The number of fused-ring (bicyclic) bond motifs is 1. The number of imidazole rings is 1. The van der Waals surface area contributed by atoms with Gasteiger partial charge >= 0.3 is 0 Å². The van der Waals surface area contributed by atoms with E-state index in [2.05, 4.69) is 25.6 Å². The molecule has 0 saturated heterocycles. The van der Waals surface area contributed by atoms with Crippen LogP contribution in [0.1, 0.15) is 0 Å². The van der Waals surface area contributed by atoms with E-state index in [-0.39, 0.29) is 0 Å². The third-order valence-corrected chi connectivity index (χ3v) is 5.85. The Morgan fingerprint density at radius 3 is 1.97 bits per heavy atom. The predicted molar refractivity (Wildman–Crippen MR) is 147 cm³/mol. The minimum absolute atomic E-state index is 0.307. The van der Waals surface area contributed by atoms with Gasteiger partial charge in [0.2, 0.25) is 23.6 Å². The van der Waals surface area contributed by atoms with Crippen LogP contribution in [0.4, 0.5) is 23.3 Å². The number of rotatable bonds is 10. The summed E-state index contributed by atoms with van der Waals surface area (Å²) in [5.41, 5.74) is 2.92. The lowest BCUT2D eigenvalue weighted by Gasteiger charge is -2.15. The molecule has 0 radical (unpaired) electrons. The monoisotopic (exact) mass is 529 g/mol. The van der Waals surface area contributed by atoms with Gasteiger partial charge in [-0.05, 0) is 12.1 Å². The zero-order valence-corrected chi connectivity index (χ0v) is 22.1. The first kappa shape index (κ1) is 25.4. The smallest absolute Gasteiger partial charge is 0.241 e. The van der Waals surface area contributed by atoms with Gasteiger partial charge in [0.25, 0.3) is 0 Å². The van der Waals surface area contributed by atoms with Crippen LogP contribution in [0.15, 0.2) is 60.9 Å². The molecule has 0 fully saturated rings. The summed E-state index contributed by atoms with van der Waals surface area (Å²) in [5, 5.41) is 6.54. The first-order valence-corrected chi connectivity index (χ1v) is 11.8. The summed E-state index contributed by atoms with van der Waals surface area (Å²) in [6.07, 6.45) is 1.43. The van der Waals surface area contributed by atoms with E-state index in [1.807, 2.05) is 41.0 Å². The van der Waals surface area contributed by atoms with E-state index in [1.165, 1.54) is 6.33 Å². The Hall–Kier alpha value is -5.26. The lowest BCUT2D eigenvalue weighted by Crippen LogP contribution is -2.08. The van der Waals surface area contributed by atoms with E-state index in [0.29, 0.717) is 58.0 Å². The van der Waals surface area contributed by atoms with Crippen LogP contribution in [0, 0.1) is 0 Å². The molecule has 0 saturated carbocycles. The fraction of sp³-hybridized carbons (Fsp3) is 0.185. The van der Waals surface area contributed by atoms with Gasteiger partial charge in [-0.1, -0.05) is 12.1 Å². The minimum atomic E-state index is 0.307. The molecule has 5 rings (SSSR count). The fourth-order valence-corrected chi connectivity index (χ4v) is 4.06. The van der Waals surface area contributed by atoms with Gasteiger partial charge in [-0.25, -0.2) is 19.5 Å². The Morgan fingerprint density at radius 2 is 1.33 bits per heavy atom. The summed E-state index contributed by atoms with van der Waals surface area (Å²) < 4.78 is 29.0. The Balaban J connectivity index is 1.55. The molecule has 200 valence electrons. The van der Waals surface area contributed by atoms with Crippen molar-refractivity contribution in [3.8, 4) is 34.7 Å². The highest BCUT2D eigenvalue weighted by molar-refractivity contribution is 5.81. The van der Waals surface area contributed by atoms with Gasteiger partial charge in [0.05, 0.1) is 46.6 Å². The number of benzene rings is 3. The first-order valence-electron chi connectivity index (χ1n) is 11.8. The number of para-hydroxylation sites is 2. The predicted octanol–water partition coefficient (Wildman–Crippen LogP) is 4.74. The second-order valence-electron chi connectivity index (χ2n) is 8.13. The van der Waals surface area contributed by atoms with Crippen LogP contribution in [0.5, 0.6) is 28.7 Å². The lowest BCUT2D eigenvalue weighted by molar-refractivity contribution is 0.324. The third kappa shape index (κ3) is 5.12. The number of methoxy groups -OCH3 is 5. The Morgan fingerprint density at radius 1 is 0.667 bits per heavy atom. The summed E-state index contributed by atoms with van der Waals surface area (Å²) >= 11 is 0. The molecule has 39 heavy (non-hydrogen) atoms. The molecule has 0 spiro atoms. The second-order valence-corrected chi connectivity index (χ2v) is 8.13. The van der Waals surface area contributed by atoms with Crippen LogP contribution in [0.2, 0.25) is 0 Å². The standard InChI is InChI=1S/C27H27N7O5/c1-35-18-10-16(11-19(14-18)36-2)31-27-32-20-8-6-7-9-21(20)34(27)26-29-15-28-25(33-26)30-17-12-22(37-3)24(39-5)23(13-17)38-4/h6-15H,1-5H3,(H,31,32)(H,28,29,30,33). The van der Waals surface area contributed by atoms with Crippen LogP contribution >= 0.6 is 0 Å². The van der Waals surface area contributed by atoms with Gasteiger partial charge in [-0.2, -0.15) is 4.98 Å². The molecule has 0 atom stereocenters. The molecule has 5 aromatic rings. The largest absolute Gasteiger partial charge is 0.497 e. The van der Waals surface area contributed by atoms with Crippen molar-refractivity contribution in [2.45, 2.75) is 0 Å². The fourth-order valence-electron chi connectivity index (χ4n) is 4.06. The molecule has 12 nitrogen and oxygen atoms in total. The molecule has 2 heterocycles. The molecule has 3 aromatic carbocycles. The number of nitrogens with one attached hydrogen (secondary N) is 2. The summed E-state index contributed by atoms with van der Waals surface area (Å²) in [7, 11) is 7.86. The molecule has 0 aliphatic rings. The van der Waals surface area contributed by atoms with Gasteiger partial charge in [0, 0.05) is 41.7 Å². The van der Waals surface area contributed by atoms with Crippen LogP contribution in [-0.4, -0.2) is 60.1 Å². The normalized spacial score (nSPS) is 10.7. The van der Waals surface area contributed by atoms with E-state index < -0.39 is 0 Å². The second kappa shape index (κ2) is 11.0. The molecule has 0 bridgehead atoms. The molecule has 0 unspecified atom stereocenters. The van der Waals surface area contributed by atoms with Crippen LogP contribution in [0.3, 0.4) is 0 Å². The van der Waals surface area contributed by atoms with Crippen molar-refractivity contribution in [3.63, 3.8) is 0 Å². The molecule has 2 N–H and O–H groups in total. The molecule has 0 amide bonds. The lowest BCUT2D eigenvalue weighted by atomic mass is 10.2. The topological polar surface area (TPSA) is 127 Å². The number of aromatic nitrogens is 5. The van der Waals surface area contributed by atoms with E-state index in [1.54, 1.807) is 53.7 Å². The van der Waals surface area contributed by atoms with Gasteiger partial charge in [0.1, 0.15) is 17.8 Å². The van der Waals surface area contributed by atoms with Gasteiger partial charge in [0.15, 0.2) is 11.5 Å². The van der Waals surface area contributed by atoms with Crippen molar-refractivity contribution < 1.29 is 23.7 Å². The maximum absolute atomic E-state index is 5.46. The maximum Gasteiger partial charge on any atom is 0.241 e. The van der Waals surface area contributed by atoms with E-state index in [9.17, 15) is 0 Å². The SMILES string of the molecule is COc1cc(Nc2nc3ccccc3n2-c2ncnc(Nc3cc(OC)c(OC)c(OC)c3)n2)cc(OC)c1. The highest BCUT2D eigenvalue weighted by atomic mass is 16.5. The van der Waals surface area contributed by atoms with E-state index in [0.717, 1.165) is 11.0 Å². The summed E-state index contributed by atoms with van der Waals surface area (Å²) in [5.74, 6) is 3.90. The van der Waals surface area contributed by atoms with Crippen molar-refractivity contribution >= 4 is 34.3 Å². The van der Waals surface area contributed by atoms with Crippen molar-refractivity contribution in [1.29, 1.82) is 0 Å². The molecule has 0 aliphatic carbocycles. The highest BCUT2D eigenvalue weighted by Crippen LogP contribution is 2.40. The van der Waals surface area contributed by atoms with Crippen LogP contribution < -0.4 is 34.3 Å². The van der Waals surface area contributed by atoms with Crippen LogP contribution in [-0.2, 0) is 0 Å². The number of hydrogen-bond donors (Lipinski definition) is 2. The average molecular weight is 530 g/mol. The summed E-state index contributed by atoms with van der Waals surface area (Å²) in [6.45, 7) is 0. The van der Waals surface area contributed by atoms with E-state index >= 15 is 0 Å². The Kier molecular flexibility index (Phi) is 7.17. The zero-order valence-electron chi connectivity index (χ0n) is 22.1. The van der Waals surface area contributed by atoms with Gasteiger partial charge in [-0.3, -0.25) is 0 Å². The maximum atomic E-state index is 5.46. The van der Waals surface area contributed by atoms with Gasteiger partial charge < -0.3 is 34.3 Å². The third-order valence-electron chi connectivity index (χ3n) is 5.85. The number of ether oxygens (including phenoxy) is 5. The Bertz CT molecular complexity index is 1570. The number of hydrogen-bond acceptors (Lipinski definition) is 11. The minimum Gasteiger partial charge on any atom is -0.497 e. The zero-order chi connectivity index (χ0) is 27.4. The van der Waals surface area contributed by atoms with Crippen molar-refractivity contribution in [2.75, 3.05) is 46.2 Å². The summed E-state index contributed by atoms with van der Waals surface area (Å²) in [6, 6.07) is 16.7. The van der Waals surface area contributed by atoms with Gasteiger partial charge in [-0.15, -0.1) is 0 Å². The average Bonchev–Trinajstić information content (AvgIpc) is 3.34. The molecule has 12 heteroatoms. The van der Waals surface area contributed by atoms with Crippen molar-refractivity contribution in [3.05, 3.63) is 60.9 Å².